The fourth-order valence-corrected chi connectivity index (χ4v) is 3.50. The van der Waals surface area contributed by atoms with E-state index >= 15 is 0 Å². The van der Waals surface area contributed by atoms with E-state index < -0.39 is 37.7 Å². The first-order valence-corrected chi connectivity index (χ1v) is 6.77. The molecule has 0 N–H and O–H groups in total. The number of alkyl halides is 4. The summed E-state index contributed by atoms with van der Waals surface area (Å²) < 4.78 is 46.4. The first-order chi connectivity index (χ1) is 5.45. The molecule has 0 radical (unpaired) electrons. The molecule has 0 aromatic rings. The summed E-state index contributed by atoms with van der Waals surface area (Å²) in [4.78, 5) is 0. The maximum atomic E-state index is 12.6. The molecular weight excluding hydrogens is 288 g/mol. The Morgan fingerprint density at radius 2 is 1.92 bits per heavy atom. The molecule has 0 amide bonds. The van der Waals surface area contributed by atoms with E-state index in [1.54, 1.807) is 0 Å². The Morgan fingerprint density at radius 3 is 2.33 bits per heavy atom. The molecule has 0 saturated carbocycles. The standard InChI is InChI=1S/C7H12F4Te/c1-2-3-4-12-6(8)5-7(9,10)11/h6H,2-5H2,1H3. The van der Waals surface area contributed by atoms with Crippen LogP contribution in [-0.4, -0.2) is 31.3 Å². The van der Waals surface area contributed by atoms with Gasteiger partial charge < -0.3 is 0 Å². The summed E-state index contributed by atoms with van der Waals surface area (Å²) in [7, 11) is 0. The van der Waals surface area contributed by atoms with Crippen LogP contribution < -0.4 is 0 Å². The first kappa shape index (κ1) is 12.5. The molecule has 0 saturated heterocycles. The fraction of sp³-hybridized carbons (Fsp3) is 1.00. The zero-order valence-corrected chi connectivity index (χ0v) is 9.16. The van der Waals surface area contributed by atoms with Crippen LogP contribution in [0.3, 0.4) is 0 Å². The summed E-state index contributed by atoms with van der Waals surface area (Å²) in [6, 6.07) is 0. The molecule has 0 aromatic carbocycles. The quantitative estimate of drug-likeness (QED) is 0.416. The Balaban J connectivity index is 3.40. The van der Waals surface area contributed by atoms with Crippen molar-refractivity contribution in [3.05, 3.63) is 0 Å². The number of halogens is 4. The fourth-order valence-electron chi connectivity index (χ4n) is 0.596. The van der Waals surface area contributed by atoms with Gasteiger partial charge in [0.1, 0.15) is 0 Å². The second-order valence-corrected chi connectivity index (χ2v) is 6.03. The molecule has 0 nitrogen and oxygen atoms in total. The van der Waals surface area contributed by atoms with Crippen molar-refractivity contribution in [2.45, 2.75) is 41.1 Å². The van der Waals surface area contributed by atoms with Gasteiger partial charge in [0, 0.05) is 0 Å². The maximum absolute atomic E-state index is 12.6. The van der Waals surface area contributed by atoms with Gasteiger partial charge in [0.2, 0.25) is 0 Å². The molecule has 0 aromatic heterocycles. The SMILES string of the molecule is CCCC[Te]C(F)CC(F)(F)F. The van der Waals surface area contributed by atoms with Crippen LogP contribution in [0.5, 0.6) is 0 Å². The van der Waals surface area contributed by atoms with E-state index in [2.05, 4.69) is 0 Å². The first-order valence-electron chi connectivity index (χ1n) is 3.78. The summed E-state index contributed by atoms with van der Waals surface area (Å²) in [5.74, 6) is 0. The van der Waals surface area contributed by atoms with Crippen LogP contribution in [0.25, 0.3) is 0 Å². The van der Waals surface area contributed by atoms with Crippen LogP contribution in [0.1, 0.15) is 26.2 Å². The van der Waals surface area contributed by atoms with Gasteiger partial charge in [0.15, 0.2) is 0 Å². The van der Waals surface area contributed by atoms with E-state index in [0.29, 0.717) is 4.47 Å². The van der Waals surface area contributed by atoms with Crippen LogP contribution in [0.2, 0.25) is 4.47 Å². The summed E-state index contributed by atoms with van der Waals surface area (Å²) >= 11 is -1.07. The van der Waals surface area contributed by atoms with Crippen LogP contribution in [-0.2, 0) is 0 Å². The van der Waals surface area contributed by atoms with Gasteiger partial charge in [0.25, 0.3) is 0 Å². The van der Waals surface area contributed by atoms with Gasteiger partial charge in [-0.1, -0.05) is 0 Å². The Labute approximate surface area is 79.8 Å². The summed E-state index contributed by atoms with van der Waals surface area (Å²) in [5, 5.41) is 0. The van der Waals surface area contributed by atoms with E-state index in [1.807, 2.05) is 6.92 Å². The molecule has 12 heavy (non-hydrogen) atoms. The Morgan fingerprint density at radius 1 is 1.33 bits per heavy atom. The molecule has 74 valence electrons. The molecular formula is C7H12F4Te. The van der Waals surface area contributed by atoms with Crippen molar-refractivity contribution in [3.63, 3.8) is 0 Å². The second-order valence-electron chi connectivity index (χ2n) is 2.45. The van der Waals surface area contributed by atoms with E-state index in [4.69, 9.17) is 0 Å². The third kappa shape index (κ3) is 8.60. The Bertz CT molecular complexity index is 112. The van der Waals surface area contributed by atoms with E-state index in [-0.39, 0.29) is 0 Å². The van der Waals surface area contributed by atoms with Crippen molar-refractivity contribution in [3.8, 4) is 0 Å². The van der Waals surface area contributed by atoms with Crippen molar-refractivity contribution >= 4 is 20.9 Å². The normalized spacial score (nSPS) is 14.8. The van der Waals surface area contributed by atoms with Gasteiger partial charge in [0.05, 0.1) is 0 Å². The van der Waals surface area contributed by atoms with Crippen molar-refractivity contribution in [1.29, 1.82) is 0 Å². The van der Waals surface area contributed by atoms with Gasteiger partial charge >= 0.3 is 79.5 Å². The number of rotatable bonds is 5. The molecule has 1 atom stereocenters. The van der Waals surface area contributed by atoms with Crippen molar-refractivity contribution < 1.29 is 17.6 Å². The predicted molar refractivity (Wildman–Crippen MR) is 41.0 cm³/mol. The van der Waals surface area contributed by atoms with Gasteiger partial charge in [-0.3, -0.25) is 0 Å². The zero-order valence-electron chi connectivity index (χ0n) is 6.83. The Hall–Kier alpha value is 0.510. The molecule has 0 aliphatic carbocycles. The average Bonchev–Trinajstić information content (AvgIpc) is 1.84. The minimum absolute atomic E-state index is 0.679. The topological polar surface area (TPSA) is 0 Å². The average molecular weight is 300 g/mol. The number of unbranched alkanes of at least 4 members (excludes halogenated alkanes) is 1. The third-order valence-electron chi connectivity index (χ3n) is 1.19. The molecule has 0 spiro atoms. The Kier molecular flexibility index (Phi) is 6.29. The van der Waals surface area contributed by atoms with Gasteiger partial charge in [-0.2, -0.15) is 0 Å². The molecule has 0 fully saturated rings. The molecule has 5 heteroatoms. The van der Waals surface area contributed by atoms with Gasteiger partial charge in [-0.25, -0.2) is 0 Å². The molecule has 0 bridgehead atoms. The van der Waals surface area contributed by atoms with Crippen LogP contribution in [0, 0.1) is 0 Å². The molecule has 0 heterocycles. The second kappa shape index (κ2) is 6.04. The van der Waals surface area contributed by atoms with Crippen molar-refractivity contribution in [2.75, 3.05) is 0 Å². The molecule has 0 aliphatic rings. The number of hydrogen-bond donors (Lipinski definition) is 0. The summed E-state index contributed by atoms with van der Waals surface area (Å²) in [6.45, 7) is 1.95. The van der Waals surface area contributed by atoms with E-state index in [9.17, 15) is 17.6 Å². The number of hydrogen-bond acceptors (Lipinski definition) is 0. The molecule has 0 aliphatic heterocycles. The summed E-state index contributed by atoms with van der Waals surface area (Å²) in [6.07, 6.45) is -3.76. The molecule has 0 rings (SSSR count). The van der Waals surface area contributed by atoms with Gasteiger partial charge in [-0.15, -0.1) is 0 Å². The van der Waals surface area contributed by atoms with Gasteiger partial charge in [-0.05, 0) is 0 Å². The van der Waals surface area contributed by atoms with Crippen molar-refractivity contribution in [1.82, 2.24) is 0 Å². The molecule has 1 unspecified atom stereocenters. The van der Waals surface area contributed by atoms with Crippen molar-refractivity contribution in [2.24, 2.45) is 0 Å². The van der Waals surface area contributed by atoms with Crippen LogP contribution >= 0.6 is 0 Å². The summed E-state index contributed by atoms with van der Waals surface area (Å²) in [5.41, 5.74) is 0. The third-order valence-corrected chi connectivity index (χ3v) is 4.19. The van der Waals surface area contributed by atoms with Crippen LogP contribution in [0.15, 0.2) is 0 Å². The monoisotopic (exact) mass is 302 g/mol. The van der Waals surface area contributed by atoms with E-state index in [1.165, 1.54) is 0 Å². The predicted octanol–water partition coefficient (Wildman–Crippen LogP) is 3.16. The zero-order chi connectivity index (χ0) is 9.61. The van der Waals surface area contributed by atoms with E-state index in [0.717, 1.165) is 12.8 Å². The minimum atomic E-state index is -4.32. The van der Waals surface area contributed by atoms with Crippen LogP contribution in [0.4, 0.5) is 17.6 Å².